The van der Waals surface area contributed by atoms with E-state index in [0.717, 1.165) is 0 Å². The van der Waals surface area contributed by atoms with Gasteiger partial charge in [-0.2, -0.15) is 5.26 Å². The topological polar surface area (TPSA) is 147 Å². The third kappa shape index (κ3) is 2.66. The van der Waals surface area contributed by atoms with Crippen molar-refractivity contribution in [3.63, 3.8) is 0 Å². The minimum atomic E-state index is -0.575. The number of nitrogens with one attached hydrogen (secondary N) is 1. The Bertz CT molecular complexity index is 771. The number of rotatable bonds is 2. The average Bonchev–Trinajstić information content (AvgIpc) is 2.53. The Balaban J connectivity index is 2.74. The van der Waals surface area contributed by atoms with Crippen molar-refractivity contribution < 1.29 is 5.21 Å². The van der Waals surface area contributed by atoms with E-state index in [-0.39, 0.29) is 23.2 Å². The van der Waals surface area contributed by atoms with Crippen LogP contribution in [-0.2, 0) is 0 Å². The molecular weight excluding hydrogens is 292 g/mol. The van der Waals surface area contributed by atoms with Crippen LogP contribution >= 0.6 is 0 Å². The quantitative estimate of drug-likeness (QED) is 0.394. The maximum absolute atomic E-state index is 9.66. The van der Waals surface area contributed by atoms with Gasteiger partial charge in [0.2, 0.25) is 0 Å². The average molecular weight is 311 g/mol. The molecule has 0 aromatic heterocycles. The Morgan fingerprint density at radius 3 is 2.74 bits per heavy atom. The molecule has 1 aliphatic carbocycles. The molecule has 0 bridgehead atoms. The van der Waals surface area contributed by atoms with E-state index in [9.17, 15) is 5.26 Å². The molecule has 0 aromatic rings. The highest BCUT2D eigenvalue weighted by molar-refractivity contribution is 6.52. The van der Waals surface area contributed by atoms with Crippen LogP contribution in [0.25, 0.3) is 0 Å². The normalized spacial score (nSPS) is 25.0. The molecule has 7 N–H and O–H groups in total. The third-order valence-electron chi connectivity index (χ3n) is 3.75. The molecule has 0 fully saturated rings. The van der Waals surface area contributed by atoms with E-state index in [1.165, 1.54) is 6.20 Å². The predicted molar refractivity (Wildman–Crippen MR) is 90.9 cm³/mol. The van der Waals surface area contributed by atoms with E-state index in [1.807, 2.05) is 13.8 Å². The van der Waals surface area contributed by atoms with Gasteiger partial charge in [-0.15, -0.1) is 0 Å². The molecule has 0 radical (unpaired) electrons. The molecule has 7 heteroatoms. The van der Waals surface area contributed by atoms with Crippen molar-refractivity contribution in [1.29, 1.82) is 10.7 Å². The summed E-state index contributed by atoms with van der Waals surface area (Å²) in [5.74, 6) is -0.332. The summed E-state index contributed by atoms with van der Waals surface area (Å²) in [6.07, 6.45) is 6.28. The van der Waals surface area contributed by atoms with Gasteiger partial charge in [0, 0.05) is 17.3 Å². The molecule has 2 aliphatic rings. The Morgan fingerprint density at radius 2 is 2.22 bits per heavy atom. The van der Waals surface area contributed by atoms with Gasteiger partial charge >= 0.3 is 0 Å². The number of nitrogens with zero attached hydrogens (tertiary/aromatic N) is 3. The number of hydrogen-bond acceptors (Lipinski definition) is 6. The van der Waals surface area contributed by atoms with Crippen LogP contribution < -0.4 is 11.5 Å². The molecule has 0 amide bonds. The number of hydrogen-bond donors (Lipinski definition) is 3. The van der Waals surface area contributed by atoms with Crippen LogP contribution in [0.5, 0.6) is 0 Å². The number of amidine groups is 1. The summed E-state index contributed by atoms with van der Waals surface area (Å²) in [6.45, 7) is 3.85. The monoisotopic (exact) mass is 311 g/mol. The maximum Gasteiger partial charge on any atom is 0.181 e. The molecule has 7 nitrogen and oxygen atoms in total. The van der Waals surface area contributed by atoms with Crippen molar-refractivity contribution in [3.8, 4) is 6.07 Å². The van der Waals surface area contributed by atoms with Crippen LogP contribution in [0.4, 0.5) is 0 Å². The van der Waals surface area contributed by atoms with Gasteiger partial charge < -0.3 is 16.7 Å². The van der Waals surface area contributed by atoms with E-state index < -0.39 is 5.92 Å². The lowest BCUT2D eigenvalue weighted by atomic mass is 9.76. The standard InChI is InChI=1S/C16H18N6O/c1-8(2)14-10(6-17)13(11(7-18)16(20)21-14)9-4-3-5-12(19)15(9)22-23/h3-5,7-8,13,19,23H,18H2,1-2H3,(H2,20,21)/p+1/b11-7-,19-12?,22-15-. The summed E-state index contributed by atoms with van der Waals surface area (Å²) in [5, 5.41) is 28.4. The van der Waals surface area contributed by atoms with Crippen molar-refractivity contribution in [2.75, 3.05) is 0 Å². The highest BCUT2D eigenvalue weighted by atomic mass is 16.4. The molecule has 1 unspecified atom stereocenters. The molecule has 0 saturated heterocycles. The minimum absolute atomic E-state index is 0.000555. The molecule has 2 rings (SSSR count). The Labute approximate surface area is 134 Å². The zero-order chi connectivity index (χ0) is 17.1. The fourth-order valence-corrected chi connectivity index (χ4v) is 2.69. The van der Waals surface area contributed by atoms with Gasteiger partial charge in [0.25, 0.3) is 0 Å². The van der Waals surface area contributed by atoms with Gasteiger partial charge in [0.05, 0.1) is 34.1 Å². The summed E-state index contributed by atoms with van der Waals surface area (Å²) < 4.78 is 0. The third-order valence-corrected chi connectivity index (χ3v) is 3.75. The first kappa shape index (κ1) is 16.2. The SMILES string of the molecule is CC(C)C1=C(C#N)C(C2=CC=CC(=N)/C2=N\[OH2+])/C(=C/N)C(N)=N1. The first-order valence-corrected chi connectivity index (χ1v) is 7.08. The van der Waals surface area contributed by atoms with Crippen molar-refractivity contribution in [1.82, 2.24) is 0 Å². The number of aliphatic imine (C=N–C) groups is 1. The molecule has 0 aromatic carbocycles. The van der Waals surface area contributed by atoms with E-state index in [2.05, 4.69) is 16.2 Å². The molecule has 1 heterocycles. The number of nitrogens with two attached hydrogens (primary N) is 2. The Kier molecular flexibility index (Phi) is 4.46. The lowest BCUT2D eigenvalue weighted by Gasteiger charge is -2.29. The lowest BCUT2D eigenvalue weighted by Crippen LogP contribution is -2.33. The number of nitriles is 1. The number of allylic oxidation sites excluding steroid dienone is 6. The fourth-order valence-electron chi connectivity index (χ4n) is 2.69. The summed E-state index contributed by atoms with van der Waals surface area (Å²) in [5.41, 5.74) is 14.1. The van der Waals surface area contributed by atoms with Crippen molar-refractivity contribution in [2.24, 2.45) is 33.5 Å². The van der Waals surface area contributed by atoms with Gasteiger partial charge in [-0.3, -0.25) is 5.41 Å². The first-order valence-electron chi connectivity index (χ1n) is 7.08. The molecule has 23 heavy (non-hydrogen) atoms. The van der Waals surface area contributed by atoms with Gasteiger partial charge in [0.1, 0.15) is 5.84 Å². The van der Waals surface area contributed by atoms with Crippen LogP contribution in [0.3, 0.4) is 0 Å². The summed E-state index contributed by atoms with van der Waals surface area (Å²) in [6, 6.07) is 2.20. The van der Waals surface area contributed by atoms with Gasteiger partial charge in [-0.25, -0.2) is 4.99 Å². The fraction of sp³-hybridized carbons (Fsp3) is 0.250. The van der Waals surface area contributed by atoms with E-state index in [1.54, 1.807) is 18.2 Å². The molecular formula is C16H19N6O+. The highest BCUT2D eigenvalue weighted by Gasteiger charge is 2.36. The van der Waals surface area contributed by atoms with Crippen LogP contribution in [0, 0.1) is 28.6 Å². The Morgan fingerprint density at radius 1 is 1.52 bits per heavy atom. The van der Waals surface area contributed by atoms with Gasteiger partial charge in [-0.05, 0) is 12.0 Å². The maximum atomic E-state index is 9.66. The van der Waals surface area contributed by atoms with Gasteiger partial charge in [0.15, 0.2) is 5.71 Å². The van der Waals surface area contributed by atoms with E-state index in [4.69, 9.17) is 22.1 Å². The zero-order valence-corrected chi connectivity index (χ0v) is 13.0. The second kappa shape index (κ2) is 6.32. The highest BCUT2D eigenvalue weighted by Crippen LogP contribution is 2.37. The van der Waals surface area contributed by atoms with Crippen molar-refractivity contribution in [3.05, 3.63) is 46.8 Å². The molecule has 118 valence electrons. The summed E-state index contributed by atoms with van der Waals surface area (Å²) in [7, 11) is 0. The van der Waals surface area contributed by atoms with E-state index in [0.29, 0.717) is 22.4 Å². The smallest absolute Gasteiger partial charge is 0.181 e. The minimum Gasteiger partial charge on any atom is -0.469 e. The summed E-state index contributed by atoms with van der Waals surface area (Å²) >= 11 is 0. The van der Waals surface area contributed by atoms with Crippen LogP contribution in [0.15, 0.2) is 57.0 Å². The second-order valence-corrected chi connectivity index (χ2v) is 5.47. The van der Waals surface area contributed by atoms with Crippen molar-refractivity contribution >= 4 is 17.3 Å². The molecule has 1 atom stereocenters. The van der Waals surface area contributed by atoms with Gasteiger partial charge in [-0.1, -0.05) is 26.0 Å². The largest absolute Gasteiger partial charge is 0.469 e. The second-order valence-electron chi connectivity index (χ2n) is 5.47. The van der Waals surface area contributed by atoms with Crippen molar-refractivity contribution in [2.45, 2.75) is 13.8 Å². The van der Waals surface area contributed by atoms with E-state index >= 15 is 0 Å². The molecule has 1 aliphatic heterocycles. The zero-order valence-electron chi connectivity index (χ0n) is 13.0. The van der Waals surface area contributed by atoms with Crippen LogP contribution in [0.1, 0.15) is 13.8 Å². The lowest BCUT2D eigenvalue weighted by molar-refractivity contribution is 0.320. The molecule has 0 saturated carbocycles. The van der Waals surface area contributed by atoms with Crippen LogP contribution in [0.2, 0.25) is 0 Å². The van der Waals surface area contributed by atoms with Crippen LogP contribution in [-0.4, -0.2) is 22.5 Å². The predicted octanol–water partition coefficient (Wildman–Crippen LogP) is 0.846. The summed E-state index contributed by atoms with van der Waals surface area (Å²) in [4.78, 5) is 4.32. The first-order chi connectivity index (χ1) is 11.0. The molecule has 0 spiro atoms. The Hall–Kier alpha value is -3.14.